The fourth-order valence-corrected chi connectivity index (χ4v) is 1.96. The molecule has 0 saturated heterocycles. The molecule has 1 aromatic rings. The maximum atomic E-state index is 11.6. The van der Waals surface area contributed by atoms with Crippen LogP contribution in [0.4, 0.5) is 5.69 Å². The standard InChI is InChI=1S/C11H16N2O3S/c1-2-16-11(15)8-6-10(13-7-9(8)12)17-5-3-4-14/h6-7,14H,2-5,12H2,1H3. The van der Waals surface area contributed by atoms with E-state index < -0.39 is 5.97 Å². The number of esters is 1. The molecule has 0 aliphatic carbocycles. The van der Waals surface area contributed by atoms with Crippen molar-refractivity contribution in [2.75, 3.05) is 24.7 Å². The summed E-state index contributed by atoms with van der Waals surface area (Å²) in [6.07, 6.45) is 2.14. The van der Waals surface area contributed by atoms with Gasteiger partial charge in [0.05, 0.1) is 29.1 Å². The van der Waals surface area contributed by atoms with E-state index in [-0.39, 0.29) is 6.61 Å². The van der Waals surface area contributed by atoms with E-state index in [1.54, 1.807) is 13.0 Å². The number of carbonyl (C=O) groups excluding carboxylic acids is 1. The van der Waals surface area contributed by atoms with Crippen molar-refractivity contribution in [1.29, 1.82) is 0 Å². The highest BCUT2D eigenvalue weighted by Crippen LogP contribution is 2.21. The molecule has 3 N–H and O–H groups in total. The molecule has 0 aliphatic heterocycles. The normalized spacial score (nSPS) is 10.2. The van der Waals surface area contributed by atoms with Crippen LogP contribution in [0, 0.1) is 0 Å². The fraction of sp³-hybridized carbons (Fsp3) is 0.455. The SMILES string of the molecule is CCOC(=O)c1cc(SCCCO)ncc1N. The minimum Gasteiger partial charge on any atom is -0.462 e. The van der Waals surface area contributed by atoms with Crippen molar-refractivity contribution in [3.8, 4) is 0 Å². The topological polar surface area (TPSA) is 85.4 Å². The largest absolute Gasteiger partial charge is 0.462 e. The Balaban J connectivity index is 2.75. The second kappa shape index (κ2) is 7.13. The summed E-state index contributed by atoms with van der Waals surface area (Å²) in [4.78, 5) is 15.7. The molecular formula is C11H16N2O3S. The van der Waals surface area contributed by atoms with E-state index >= 15 is 0 Å². The maximum Gasteiger partial charge on any atom is 0.340 e. The average Bonchev–Trinajstić information content (AvgIpc) is 2.32. The molecule has 6 heteroatoms. The Bertz CT molecular complexity index is 385. The van der Waals surface area contributed by atoms with E-state index in [4.69, 9.17) is 15.6 Å². The second-order valence-corrected chi connectivity index (χ2v) is 4.37. The number of nitrogens with two attached hydrogens (primary N) is 1. The maximum absolute atomic E-state index is 11.6. The van der Waals surface area contributed by atoms with E-state index in [1.807, 2.05) is 0 Å². The van der Waals surface area contributed by atoms with E-state index in [2.05, 4.69) is 4.98 Å². The lowest BCUT2D eigenvalue weighted by Gasteiger charge is -2.06. The van der Waals surface area contributed by atoms with Crippen molar-refractivity contribution in [2.24, 2.45) is 0 Å². The van der Waals surface area contributed by atoms with Crippen LogP contribution < -0.4 is 5.73 Å². The summed E-state index contributed by atoms with van der Waals surface area (Å²) in [6, 6.07) is 1.62. The molecule has 1 aromatic heterocycles. The van der Waals surface area contributed by atoms with Crippen LogP contribution in [0.1, 0.15) is 23.7 Å². The first kappa shape index (κ1) is 13.8. The molecule has 1 heterocycles. The van der Waals surface area contributed by atoms with Crippen LogP contribution in [0.5, 0.6) is 0 Å². The van der Waals surface area contributed by atoms with Gasteiger partial charge in [-0.3, -0.25) is 0 Å². The number of pyridine rings is 1. The Hall–Kier alpha value is -1.27. The number of anilines is 1. The van der Waals surface area contributed by atoms with Crippen molar-refractivity contribution in [3.63, 3.8) is 0 Å². The van der Waals surface area contributed by atoms with Crippen LogP contribution in [0.2, 0.25) is 0 Å². The number of hydrogen-bond acceptors (Lipinski definition) is 6. The van der Waals surface area contributed by atoms with Gasteiger partial charge in [-0.05, 0) is 19.4 Å². The smallest absolute Gasteiger partial charge is 0.340 e. The van der Waals surface area contributed by atoms with Gasteiger partial charge in [0.1, 0.15) is 0 Å². The number of hydrogen-bond donors (Lipinski definition) is 2. The summed E-state index contributed by atoms with van der Waals surface area (Å²) < 4.78 is 4.89. The van der Waals surface area contributed by atoms with E-state index in [9.17, 15) is 4.79 Å². The molecule has 5 nitrogen and oxygen atoms in total. The Kier molecular flexibility index (Phi) is 5.79. The third-order valence-corrected chi connectivity index (χ3v) is 2.97. The average molecular weight is 256 g/mol. The van der Waals surface area contributed by atoms with Crippen LogP contribution in [-0.4, -0.2) is 35.0 Å². The molecule has 0 amide bonds. The van der Waals surface area contributed by atoms with Gasteiger partial charge in [0.15, 0.2) is 0 Å². The van der Waals surface area contributed by atoms with Crippen LogP contribution in [-0.2, 0) is 4.74 Å². The first-order chi connectivity index (χ1) is 8.19. The lowest BCUT2D eigenvalue weighted by atomic mass is 10.2. The number of ether oxygens (including phenoxy) is 1. The van der Waals surface area contributed by atoms with Gasteiger partial charge in [-0.15, -0.1) is 11.8 Å². The summed E-state index contributed by atoms with van der Waals surface area (Å²) in [7, 11) is 0. The number of aliphatic hydroxyl groups excluding tert-OH is 1. The van der Waals surface area contributed by atoms with Crippen LogP contribution in [0.25, 0.3) is 0 Å². The summed E-state index contributed by atoms with van der Waals surface area (Å²) in [5.41, 5.74) is 6.32. The zero-order valence-electron chi connectivity index (χ0n) is 9.68. The predicted octanol–water partition coefficient (Wildman–Crippen LogP) is 1.31. The molecular weight excluding hydrogens is 240 g/mol. The van der Waals surface area contributed by atoms with Crippen LogP contribution in [0.3, 0.4) is 0 Å². The lowest BCUT2D eigenvalue weighted by molar-refractivity contribution is 0.0527. The summed E-state index contributed by atoms with van der Waals surface area (Å²) >= 11 is 1.47. The van der Waals surface area contributed by atoms with Crippen molar-refractivity contribution in [2.45, 2.75) is 18.4 Å². The van der Waals surface area contributed by atoms with Gasteiger partial charge in [-0.2, -0.15) is 0 Å². The lowest BCUT2D eigenvalue weighted by Crippen LogP contribution is -2.08. The van der Waals surface area contributed by atoms with Crippen molar-refractivity contribution < 1.29 is 14.6 Å². The summed E-state index contributed by atoms with van der Waals surface area (Å²) in [5.74, 6) is 0.312. The number of carbonyl (C=O) groups is 1. The molecule has 0 aliphatic rings. The molecule has 0 radical (unpaired) electrons. The molecule has 0 spiro atoms. The van der Waals surface area contributed by atoms with Gasteiger partial charge < -0.3 is 15.6 Å². The minimum atomic E-state index is -0.434. The van der Waals surface area contributed by atoms with Gasteiger partial charge in [0.2, 0.25) is 0 Å². The number of thioether (sulfide) groups is 1. The van der Waals surface area contributed by atoms with Crippen molar-refractivity contribution in [1.82, 2.24) is 4.98 Å². The van der Waals surface area contributed by atoms with Crippen LogP contribution in [0.15, 0.2) is 17.3 Å². The third-order valence-electron chi connectivity index (χ3n) is 1.96. The molecule has 0 fully saturated rings. The monoisotopic (exact) mass is 256 g/mol. The molecule has 0 atom stereocenters. The van der Waals surface area contributed by atoms with E-state index in [0.29, 0.717) is 29.3 Å². The number of rotatable bonds is 6. The number of aliphatic hydroxyl groups is 1. The molecule has 17 heavy (non-hydrogen) atoms. The fourth-order valence-electron chi connectivity index (χ4n) is 1.15. The Morgan fingerprint density at radius 1 is 1.65 bits per heavy atom. The highest BCUT2D eigenvalue weighted by atomic mass is 32.2. The summed E-state index contributed by atoms with van der Waals surface area (Å²) in [6.45, 7) is 2.20. The predicted molar refractivity (Wildman–Crippen MR) is 67.0 cm³/mol. The first-order valence-corrected chi connectivity index (χ1v) is 6.34. The van der Waals surface area contributed by atoms with E-state index in [0.717, 1.165) is 5.75 Å². The van der Waals surface area contributed by atoms with E-state index in [1.165, 1.54) is 18.0 Å². The van der Waals surface area contributed by atoms with Gasteiger partial charge in [-0.25, -0.2) is 9.78 Å². The highest BCUT2D eigenvalue weighted by Gasteiger charge is 2.12. The number of aromatic nitrogens is 1. The molecule has 0 bridgehead atoms. The number of nitrogens with zero attached hydrogens (tertiary/aromatic N) is 1. The van der Waals surface area contributed by atoms with Gasteiger partial charge in [0, 0.05) is 12.4 Å². The molecule has 1 rings (SSSR count). The molecule has 0 aromatic carbocycles. The van der Waals surface area contributed by atoms with Crippen LogP contribution >= 0.6 is 11.8 Å². The molecule has 94 valence electrons. The Labute approximate surface area is 104 Å². The molecule has 0 unspecified atom stereocenters. The first-order valence-electron chi connectivity index (χ1n) is 5.35. The minimum absolute atomic E-state index is 0.146. The zero-order valence-corrected chi connectivity index (χ0v) is 10.5. The second-order valence-electron chi connectivity index (χ2n) is 3.26. The third kappa shape index (κ3) is 4.24. The quantitative estimate of drug-likeness (QED) is 0.453. The van der Waals surface area contributed by atoms with Gasteiger partial charge in [0.25, 0.3) is 0 Å². The van der Waals surface area contributed by atoms with Crippen molar-refractivity contribution in [3.05, 3.63) is 17.8 Å². The highest BCUT2D eigenvalue weighted by molar-refractivity contribution is 7.99. The Morgan fingerprint density at radius 3 is 3.06 bits per heavy atom. The molecule has 0 saturated carbocycles. The van der Waals surface area contributed by atoms with Gasteiger partial charge in [-0.1, -0.05) is 0 Å². The zero-order chi connectivity index (χ0) is 12.7. The van der Waals surface area contributed by atoms with Crippen molar-refractivity contribution >= 4 is 23.4 Å². The Morgan fingerprint density at radius 2 is 2.41 bits per heavy atom. The number of nitrogen functional groups attached to an aromatic ring is 1. The summed E-state index contributed by atoms with van der Waals surface area (Å²) in [5, 5.41) is 9.38. The van der Waals surface area contributed by atoms with Gasteiger partial charge >= 0.3 is 5.97 Å².